The van der Waals surface area contributed by atoms with Crippen LogP contribution in [-0.4, -0.2) is 21.5 Å². The summed E-state index contributed by atoms with van der Waals surface area (Å²) in [5.41, 5.74) is 0.428. The van der Waals surface area contributed by atoms with E-state index in [2.05, 4.69) is 14.7 Å². The van der Waals surface area contributed by atoms with Gasteiger partial charge in [0.15, 0.2) is 5.16 Å². The topological polar surface area (TPSA) is 81.1 Å². The van der Waals surface area contributed by atoms with Gasteiger partial charge in [-0.25, -0.2) is 4.98 Å². The Hall–Kier alpha value is -2.16. The summed E-state index contributed by atoms with van der Waals surface area (Å²) in [4.78, 5) is 17.7. The lowest BCUT2D eigenvalue weighted by Gasteiger charge is -2.06. The maximum atomic E-state index is 12.3. The summed E-state index contributed by atoms with van der Waals surface area (Å²) >= 11 is 1.17. The predicted molar refractivity (Wildman–Crippen MR) is 71.8 cm³/mol. The molecule has 112 valence electrons. The molecule has 0 spiro atoms. The molecule has 6 nitrogen and oxygen atoms in total. The molecule has 0 saturated heterocycles. The number of nitrogens with zero attached hydrogens (tertiary/aromatic N) is 2. The molecule has 0 aliphatic rings. The summed E-state index contributed by atoms with van der Waals surface area (Å²) < 4.78 is 28.8. The quantitative estimate of drug-likeness (QED) is 0.650. The highest BCUT2D eigenvalue weighted by molar-refractivity contribution is 7.99. The number of benzene rings is 1. The minimum absolute atomic E-state index is 0.470. The fourth-order valence-electron chi connectivity index (χ4n) is 1.58. The van der Waals surface area contributed by atoms with E-state index in [0.29, 0.717) is 10.1 Å². The van der Waals surface area contributed by atoms with Crippen LogP contribution >= 0.6 is 11.8 Å². The standard InChI is InChI=1S/C12H11F2N3O3S/c1-2-7-6-15-12(16-7)21-8-3-4-9(17(18)19)10(5-8)20-11(13)14/h3-6,11H,2H2,1H3,(H,15,16). The average molecular weight is 315 g/mol. The number of H-pyrrole nitrogens is 1. The maximum absolute atomic E-state index is 12.3. The molecule has 0 saturated carbocycles. The molecule has 0 bridgehead atoms. The van der Waals surface area contributed by atoms with E-state index in [-0.39, 0.29) is 0 Å². The van der Waals surface area contributed by atoms with E-state index < -0.39 is 23.0 Å². The summed E-state index contributed by atoms with van der Waals surface area (Å²) in [5.74, 6) is -0.470. The van der Waals surface area contributed by atoms with Gasteiger partial charge in [-0.3, -0.25) is 10.1 Å². The Balaban J connectivity index is 2.25. The number of nitro groups is 1. The molecule has 1 heterocycles. The van der Waals surface area contributed by atoms with E-state index in [9.17, 15) is 18.9 Å². The van der Waals surface area contributed by atoms with Crippen molar-refractivity contribution in [3.05, 3.63) is 40.2 Å². The molecule has 1 aromatic heterocycles. The lowest BCUT2D eigenvalue weighted by atomic mass is 10.3. The zero-order valence-electron chi connectivity index (χ0n) is 10.9. The second kappa shape index (κ2) is 6.53. The molecule has 1 aromatic carbocycles. The highest BCUT2D eigenvalue weighted by Gasteiger charge is 2.19. The molecular formula is C12H11F2N3O3S. The van der Waals surface area contributed by atoms with Crippen LogP contribution in [-0.2, 0) is 6.42 Å². The molecule has 21 heavy (non-hydrogen) atoms. The van der Waals surface area contributed by atoms with Gasteiger partial charge in [-0.05, 0) is 12.5 Å². The number of aromatic amines is 1. The number of hydrogen-bond donors (Lipinski definition) is 1. The number of alkyl halides is 2. The van der Waals surface area contributed by atoms with E-state index in [1.807, 2.05) is 6.92 Å². The number of nitrogens with one attached hydrogen (secondary N) is 1. The van der Waals surface area contributed by atoms with Gasteiger partial charge in [0, 0.05) is 28.9 Å². The summed E-state index contributed by atoms with van der Waals surface area (Å²) in [6, 6.07) is 3.78. The van der Waals surface area contributed by atoms with Gasteiger partial charge in [0.05, 0.1) is 4.92 Å². The first-order valence-electron chi connectivity index (χ1n) is 5.94. The van der Waals surface area contributed by atoms with E-state index >= 15 is 0 Å². The number of imidazole rings is 1. The van der Waals surface area contributed by atoms with Crippen LogP contribution in [0.4, 0.5) is 14.5 Å². The molecule has 0 amide bonds. The van der Waals surface area contributed by atoms with E-state index in [4.69, 9.17) is 0 Å². The third kappa shape index (κ3) is 3.91. The van der Waals surface area contributed by atoms with Crippen molar-refractivity contribution >= 4 is 17.4 Å². The van der Waals surface area contributed by atoms with Gasteiger partial charge in [-0.2, -0.15) is 8.78 Å². The number of aryl methyl sites for hydroxylation is 1. The lowest BCUT2D eigenvalue weighted by Crippen LogP contribution is -2.04. The van der Waals surface area contributed by atoms with Gasteiger partial charge in [-0.1, -0.05) is 18.7 Å². The molecule has 9 heteroatoms. The molecule has 0 radical (unpaired) electrons. The summed E-state index contributed by atoms with van der Waals surface area (Å²) in [5, 5.41) is 11.3. The second-order valence-electron chi connectivity index (χ2n) is 3.93. The number of rotatable bonds is 6. The smallest absolute Gasteiger partial charge is 0.387 e. The fourth-order valence-corrected chi connectivity index (χ4v) is 2.39. The van der Waals surface area contributed by atoms with Crippen molar-refractivity contribution in [2.45, 2.75) is 30.0 Å². The Morgan fingerprint density at radius 3 is 2.86 bits per heavy atom. The minimum atomic E-state index is -3.13. The highest BCUT2D eigenvalue weighted by Crippen LogP contribution is 2.35. The van der Waals surface area contributed by atoms with Crippen molar-refractivity contribution in [2.24, 2.45) is 0 Å². The summed E-state index contributed by atoms with van der Waals surface area (Å²) in [6.07, 6.45) is 2.46. The van der Waals surface area contributed by atoms with Gasteiger partial charge >= 0.3 is 12.3 Å². The Bertz CT molecular complexity index is 648. The first-order chi connectivity index (χ1) is 9.99. The van der Waals surface area contributed by atoms with Crippen LogP contribution in [0.25, 0.3) is 0 Å². The highest BCUT2D eigenvalue weighted by atomic mass is 32.2. The average Bonchev–Trinajstić information content (AvgIpc) is 2.85. The third-order valence-electron chi connectivity index (χ3n) is 2.54. The van der Waals surface area contributed by atoms with E-state index in [1.54, 1.807) is 6.20 Å². The number of nitro benzene ring substituents is 1. The molecule has 0 unspecified atom stereocenters. The largest absolute Gasteiger partial charge is 0.427 e. The molecule has 0 aliphatic heterocycles. The van der Waals surface area contributed by atoms with Crippen molar-refractivity contribution in [2.75, 3.05) is 0 Å². The van der Waals surface area contributed by atoms with Gasteiger partial charge < -0.3 is 9.72 Å². The van der Waals surface area contributed by atoms with Crippen LogP contribution in [0, 0.1) is 10.1 Å². The lowest BCUT2D eigenvalue weighted by molar-refractivity contribution is -0.386. The van der Waals surface area contributed by atoms with Crippen LogP contribution in [0.1, 0.15) is 12.6 Å². The van der Waals surface area contributed by atoms with E-state index in [0.717, 1.165) is 18.2 Å². The van der Waals surface area contributed by atoms with Gasteiger partial charge in [0.2, 0.25) is 5.75 Å². The van der Waals surface area contributed by atoms with Crippen molar-refractivity contribution in [3.63, 3.8) is 0 Å². The van der Waals surface area contributed by atoms with Crippen molar-refractivity contribution in [3.8, 4) is 5.75 Å². The molecule has 2 rings (SSSR count). The van der Waals surface area contributed by atoms with Gasteiger partial charge in [-0.15, -0.1) is 0 Å². The third-order valence-corrected chi connectivity index (χ3v) is 3.44. The zero-order chi connectivity index (χ0) is 15.4. The van der Waals surface area contributed by atoms with Crippen LogP contribution in [0.5, 0.6) is 5.75 Å². The zero-order valence-corrected chi connectivity index (χ0v) is 11.7. The number of hydrogen-bond acceptors (Lipinski definition) is 5. The molecular weight excluding hydrogens is 304 g/mol. The summed E-state index contributed by atoms with van der Waals surface area (Å²) in [7, 11) is 0. The normalized spacial score (nSPS) is 10.9. The van der Waals surface area contributed by atoms with E-state index in [1.165, 1.54) is 23.9 Å². The molecule has 0 fully saturated rings. The van der Waals surface area contributed by atoms with Crippen LogP contribution < -0.4 is 4.74 Å². The Labute approximate surface area is 122 Å². The monoisotopic (exact) mass is 315 g/mol. The van der Waals surface area contributed by atoms with Gasteiger partial charge in [0.25, 0.3) is 0 Å². The van der Waals surface area contributed by atoms with Crippen molar-refractivity contribution in [1.82, 2.24) is 9.97 Å². The first-order valence-corrected chi connectivity index (χ1v) is 6.76. The Morgan fingerprint density at radius 1 is 1.52 bits per heavy atom. The molecule has 0 aliphatic carbocycles. The SMILES string of the molecule is CCc1cnc(Sc2ccc([N+](=O)[O-])c(OC(F)F)c2)[nH]1. The number of ether oxygens (including phenoxy) is 1. The Morgan fingerprint density at radius 2 is 2.29 bits per heavy atom. The number of halogens is 2. The maximum Gasteiger partial charge on any atom is 0.387 e. The van der Waals surface area contributed by atoms with Crippen LogP contribution in [0.15, 0.2) is 34.4 Å². The summed E-state index contributed by atoms with van der Waals surface area (Å²) in [6.45, 7) is -1.16. The molecule has 2 aromatic rings. The predicted octanol–water partition coefficient (Wildman–Crippen LogP) is 3.63. The Kier molecular flexibility index (Phi) is 4.73. The van der Waals surface area contributed by atoms with Crippen molar-refractivity contribution < 1.29 is 18.4 Å². The minimum Gasteiger partial charge on any atom is -0.427 e. The first kappa shape index (κ1) is 15.2. The van der Waals surface area contributed by atoms with Crippen LogP contribution in [0.3, 0.4) is 0 Å². The fraction of sp³-hybridized carbons (Fsp3) is 0.250. The number of aromatic nitrogens is 2. The second-order valence-corrected chi connectivity index (χ2v) is 5.00. The molecule has 0 atom stereocenters. The molecule has 1 N–H and O–H groups in total. The van der Waals surface area contributed by atoms with Gasteiger partial charge in [0.1, 0.15) is 0 Å². The van der Waals surface area contributed by atoms with Crippen molar-refractivity contribution in [1.29, 1.82) is 0 Å². The van der Waals surface area contributed by atoms with Crippen LogP contribution in [0.2, 0.25) is 0 Å².